The lowest BCUT2D eigenvalue weighted by Gasteiger charge is -2.24. The zero-order valence-corrected chi connectivity index (χ0v) is 16.7. The van der Waals surface area contributed by atoms with E-state index in [1.54, 1.807) is 36.6 Å². The SMILES string of the molecule is CCOc1cc([C@H]2C(C(=O)c3cccs3)=C(O)C(=O)N2c2nncs2)ccc1O. The number of aliphatic hydroxyl groups excluding tert-OH is 1. The summed E-state index contributed by atoms with van der Waals surface area (Å²) in [7, 11) is 0. The maximum Gasteiger partial charge on any atom is 0.296 e. The smallest absolute Gasteiger partial charge is 0.296 e. The maximum atomic E-state index is 13.1. The lowest BCUT2D eigenvalue weighted by atomic mass is 9.95. The minimum absolute atomic E-state index is 0.0548. The molecular formula is C19H15N3O5S2. The molecule has 2 aromatic heterocycles. The van der Waals surface area contributed by atoms with Crippen molar-refractivity contribution in [3.63, 3.8) is 0 Å². The summed E-state index contributed by atoms with van der Waals surface area (Å²) in [6, 6.07) is 6.95. The van der Waals surface area contributed by atoms with Gasteiger partial charge in [-0.05, 0) is 36.1 Å². The van der Waals surface area contributed by atoms with E-state index < -0.39 is 23.5 Å². The molecule has 3 heterocycles. The number of anilines is 1. The number of carbonyl (C=O) groups is 2. The Morgan fingerprint density at radius 2 is 2.10 bits per heavy atom. The van der Waals surface area contributed by atoms with Crippen molar-refractivity contribution in [1.82, 2.24) is 10.2 Å². The number of ketones is 1. The van der Waals surface area contributed by atoms with Crippen LogP contribution in [0.25, 0.3) is 0 Å². The number of carbonyl (C=O) groups excluding carboxylic acids is 2. The van der Waals surface area contributed by atoms with Gasteiger partial charge >= 0.3 is 0 Å². The van der Waals surface area contributed by atoms with Crippen LogP contribution in [0.1, 0.15) is 28.2 Å². The van der Waals surface area contributed by atoms with E-state index in [1.807, 2.05) is 0 Å². The van der Waals surface area contributed by atoms with Crippen molar-refractivity contribution in [2.24, 2.45) is 0 Å². The molecular weight excluding hydrogens is 414 g/mol. The summed E-state index contributed by atoms with van der Waals surface area (Å²) >= 11 is 2.33. The van der Waals surface area contributed by atoms with Gasteiger partial charge in [0.2, 0.25) is 10.9 Å². The van der Waals surface area contributed by atoms with Crippen LogP contribution in [0, 0.1) is 0 Å². The lowest BCUT2D eigenvalue weighted by Crippen LogP contribution is -2.31. The molecule has 0 radical (unpaired) electrons. The minimum atomic E-state index is -0.940. The number of thiophene rings is 1. The molecule has 10 heteroatoms. The lowest BCUT2D eigenvalue weighted by molar-refractivity contribution is -0.117. The van der Waals surface area contributed by atoms with Gasteiger partial charge in [0.25, 0.3) is 5.91 Å². The molecule has 0 saturated heterocycles. The average Bonchev–Trinajstić information content (AvgIpc) is 3.46. The van der Waals surface area contributed by atoms with E-state index in [0.717, 1.165) is 11.3 Å². The van der Waals surface area contributed by atoms with Gasteiger partial charge in [-0.3, -0.25) is 14.5 Å². The van der Waals surface area contributed by atoms with Crippen molar-refractivity contribution in [2.45, 2.75) is 13.0 Å². The van der Waals surface area contributed by atoms with Crippen molar-refractivity contribution < 1.29 is 24.5 Å². The monoisotopic (exact) mass is 429 g/mol. The number of amides is 1. The van der Waals surface area contributed by atoms with Crippen LogP contribution in [0.5, 0.6) is 11.5 Å². The van der Waals surface area contributed by atoms with Gasteiger partial charge in [-0.15, -0.1) is 21.5 Å². The van der Waals surface area contributed by atoms with Crippen molar-refractivity contribution >= 4 is 39.5 Å². The Morgan fingerprint density at radius 3 is 2.76 bits per heavy atom. The molecule has 0 unspecified atom stereocenters. The van der Waals surface area contributed by atoms with E-state index in [1.165, 1.54) is 27.8 Å². The number of benzene rings is 1. The molecule has 0 aliphatic carbocycles. The van der Waals surface area contributed by atoms with Gasteiger partial charge in [0.15, 0.2) is 17.3 Å². The first kappa shape index (κ1) is 19.1. The third-order valence-electron chi connectivity index (χ3n) is 4.35. The summed E-state index contributed by atoms with van der Waals surface area (Å²) in [4.78, 5) is 27.6. The molecule has 29 heavy (non-hydrogen) atoms. The molecule has 1 atom stereocenters. The molecule has 1 aromatic carbocycles. The third kappa shape index (κ3) is 3.26. The summed E-state index contributed by atoms with van der Waals surface area (Å²) in [5, 5.41) is 30.3. The molecule has 0 spiro atoms. The highest BCUT2D eigenvalue weighted by atomic mass is 32.1. The van der Waals surface area contributed by atoms with Crippen molar-refractivity contribution in [3.05, 3.63) is 63.0 Å². The quantitative estimate of drug-likeness (QED) is 0.577. The number of aromatic hydroxyl groups is 1. The second-order valence-electron chi connectivity index (χ2n) is 6.03. The minimum Gasteiger partial charge on any atom is -0.504 e. The first-order chi connectivity index (χ1) is 14.0. The fraction of sp³-hybridized carbons (Fsp3) is 0.158. The Hall–Kier alpha value is -3.24. The Bertz CT molecular complexity index is 1090. The van der Waals surface area contributed by atoms with E-state index in [9.17, 15) is 19.8 Å². The second kappa shape index (κ2) is 7.64. The molecule has 0 bridgehead atoms. The van der Waals surface area contributed by atoms with E-state index in [2.05, 4.69) is 10.2 Å². The molecule has 0 saturated carbocycles. The predicted molar refractivity (Wildman–Crippen MR) is 108 cm³/mol. The van der Waals surface area contributed by atoms with Gasteiger partial charge < -0.3 is 14.9 Å². The summed E-state index contributed by atoms with van der Waals surface area (Å²) in [5.41, 5.74) is 1.89. The van der Waals surface area contributed by atoms with E-state index in [0.29, 0.717) is 17.0 Å². The molecule has 3 aromatic rings. The van der Waals surface area contributed by atoms with Crippen LogP contribution >= 0.6 is 22.7 Å². The van der Waals surface area contributed by atoms with Crippen LogP contribution in [-0.4, -0.2) is 38.7 Å². The Morgan fingerprint density at radius 1 is 1.28 bits per heavy atom. The first-order valence-electron chi connectivity index (χ1n) is 8.59. The number of phenols is 1. The molecule has 4 rings (SSSR count). The van der Waals surface area contributed by atoms with Gasteiger partial charge in [-0.25, -0.2) is 0 Å². The number of Topliss-reactive ketones (excluding diaryl/α,β-unsaturated/α-hetero) is 1. The zero-order valence-electron chi connectivity index (χ0n) is 15.1. The molecule has 8 nitrogen and oxygen atoms in total. The van der Waals surface area contributed by atoms with Crippen LogP contribution in [0.4, 0.5) is 5.13 Å². The predicted octanol–water partition coefficient (Wildman–Crippen LogP) is 3.49. The fourth-order valence-corrected chi connectivity index (χ4v) is 4.40. The van der Waals surface area contributed by atoms with Crippen LogP contribution in [0.2, 0.25) is 0 Å². The first-order valence-corrected chi connectivity index (χ1v) is 10.4. The number of hydrogen-bond donors (Lipinski definition) is 2. The number of aliphatic hydroxyl groups is 1. The summed E-state index contributed by atoms with van der Waals surface area (Å²) in [6.45, 7) is 2.10. The van der Waals surface area contributed by atoms with Gasteiger partial charge in [0, 0.05) is 0 Å². The normalized spacial score (nSPS) is 16.5. The zero-order chi connectivity index (χ0) is 20.5. The van der Waals surface area contributed by atoms with Crippen molar-refractivity contribution in [3.8, 4) is 11.5 Å². The van der Waals surface area contributed by atoms with Gasteiger partial charge in [-0.2, -0.15) is 0 Å². The molecule has 1 aliphatic heterocycles. The van der Waals surface area contributed by atoms with Crippen molar-refractivity contribution in [1.29, 1.82) is 0 Å². The van der Waals surface area contributed by atoms with E-state index in [-0.39, 0.29) is 22.2 Å². The second-order valence-corrected chi connectivity index (χ2v) is 7.79. The number of nitrogens with zero attached hydrogens (tertiary/aromatic N) is 3. The highest BCUT2D eigenvalue weighted by Gasteiger charge is 2.46. The number of phenolic OH excluding ortho intramolecular Hbond substituents is 1. The van der Waals surface area contributed by atoms with Crippen LogP contribution in [-0.2, 0) is 4.79 Å². The largest absolute Gasteiger partial charge is 0.504 e. The summed E-state index contributed by atoms with van der Waals surface area (Å²) in [5.74, 6) is -1.67. The Balaban J connectivity index is 1.88. The highest BCUT2D eigenvalue weighted by molar-refractivity contribution is 7.13. The molecule has 148 valence electrons. The summed E-state index contributed by atoms with van der Waals surface area (Å²) in [6.07, 6.45) is 0. The van der Waals surface area contributed by atoms with Crippen LogP contribution in [0.15, 0.2) is 52.6 Å². The summed E-state index contributed by atoms with van der Waals surface area (Å²) < 4.78 is 5.44. The third-order valence-corrected chi connectivity index (χ3v) is 5.91. The molecule has 1 aliphatic rings. The molecule has 1 amide bonds. The molecule has 2 N–H and O–H groups in total. The standard InChI is InChI=1S/C19H15N3O5S2/c1-2-27-12-8-10(5-6-11(12)23)15-14(16(24)13-4-3-7-28-13)17(25)18(26)22(15)19-21-20-9-29-19/h3-9,15,23,25H,2H2,1H3/t15-/m0/s1. The van der Waals surface area contributed by atoms with E-state index in [4.69, 9.17) is 4.74 Å². The van der Waals surface area contributed by atoms with Gasteiger partial charge in [0.05, 0.1) is 23.1 Å². The van der Waals surface area contributed by atoms with Gasteiger partial charge in [-0.1, -0.05) is 23.5 Å². The Labute approximate surface area is 173 Å². The maximum absolute atomic E-state index is 13.1. The van der Waals surface area contributed by atoms with Crippen LogP contribution < -0.4 is 9.64 Å². The Kier molecular flexibility index (Phi) is 5.03. The number of ether oxygens (including phenoxy) is 1. The highest BCUT2D eigenvalue weighted by Crippen LogP contribution is 2.44. The topological polar surface area (TPSA) is 113 Å². The average molecular weight is 429 g/mol. The number of hydrogen-bond acceptors (Lipinski definition) is 9. The molecule has 0 fully saturated rings. The van der Waals surface area contributed by atoms with Gasteiger partial charge in [0.1, 0.15) is 5.51 Å². The van der Waals surface area contributed by atoms with Crippen molar-refractivity contribution in [2.75, 3.05) is 11.5 Å². The number of rotatable bonds is 6. The fourth-order valence-electron chi connectivity index (χ4n) is 3.13. The van der Waals surface area contributed by atoms with Crippen LogP contribution in [0.3, 0.4) is 0 Å². The van der Waals surface area contributed by atoms with E-state index >= 15 is 0 Å². The number of aromatic nitrogens is 2.